The van der Waals surface area contributed by atoms with Crippen molar-refractivity contribution < 1.29 is 0 Å². The largest absolute Gasteiger partial charge is 0.0622 e. The molecule has 0 fully saturated rings. The van der Waals surface area contributed by atoms with E-state index < -0.39 is 0 Å². The fourth-order valence-electron chi connectivity index (χ4n) is 8.39. The van der Waals surface area contributed by atoms with Crippen molar-refractivity contribution in [3.63, 3.8) is 0 Å². The molecule has 0 heterocycles. The normalized spacial score (nSPS) is 11.5. The molecule has 0 N–H and O–H groups in total. The van der Waals surface area contributed by atoms with Crippen LogP contribution in [0.1, 0.15) is 0 Å². The summed E-state index contributed by atoms with van der Waals surface area (Å²) < 4.78 is 0. The van der Waals surface area contributed by atoms with Crippen molar-refractivity contribution in [3.8, 4) is 55.6 Å². The summed E-state index contributed by atoms with van der Waals surface area (Å²) in [6.07, 6.45) is 0. The van der Waals surface area contributed by atoms with E-state index in [0.29, 0.717) is 0 Å². The van der Waals surface area contributed by atoms with E-state index in [0.717, 1.165) is 0 Å². The monoisotopic (exact) mass is 658 g/mol. The first-order chi connectivity index (χ1) is 25.8. The van der Waals surface area contributed by atoms with Crippen LogP contribution in [0.2, 0.25) is 0 Å². The van der Waals surface area contributed by atoms with Gasteiger partial charge < -0.3 is 0 Å². The fraction of sp³-hybridized carbons (Fsp3) is 0. The zero-order chi connectivity index (χ0) is 34.4. The number of hydrogen-bond acceptors (Lipinski definition) is 0. The lowest BCUT2D eigenvalue weighted by atomic mass is 9.81. The number of fused-ring (bicyclic) bond motifs is 4. The summed E-state index contributed by atoms with van der Waals surface area (Å²) in [6, 6.07) is 75.5. The zero-order valence-corrected chi connectivity index (χ0v) is 28.6. The minimum Gasteiger partial charge on any atom is -0.0622 e. The first kappa shape index (κ1) is 30.1. The van der Waals surface area contributed by atoms with Gasteiger partial charge in [-0.15, -0.1) is 0 Å². The molecule has 0 atom stereocenters. The van der Waals surface area contributed by atoms with Gasteiger partial charge in [0.1, 0.15) is 0 Å². The van der Waals surface area contributed by atoms with E-state index in [4.69, 9.17) is 0 Å². The van der Waals surface area contributed by atoms with E-state index in [9.17, 15) is 0 Å². The van der Waals surface area contributed by atoms with Gasteiger partial charge in [-0.2, -0.15) is 0 Å². The van der Waals surface area contributed by atoms with Gasteiger partial charge in [-0.05, 0) is 111 Å². The molecular weight excluding hydrogens is 625 g/mol. The molecule has 0 saturated carbocycles. The van der Waals surface area contributed by atoms with Crippen molar-refractivity contribution in [1.29, 1.82) is 0 Å². The lowest BCUT2D eigenvalue weighted by Gasteiger charge is -2.22. The highest BCUT2D eigenvalue weighted by atomic mass is 14.2. The molecule has 0 aromatic heterocycles. The van der Waals surface area contributed by atoms with Crippen LogP contribution in [0.3, 0.4) is 0 Å². The zero-order valence-electron chi connectivity index (χ0n) is 28.6. The summed E-state index contributed by atoms with van der Waals surface area (Å²) in [7, 11) is 0. The van der Waals surface area contributed by atoms with Crippen LogP contribution < -0.4 is 0 Å². The third-order valence-corrected chi connectivity index (χ3v) is 10.6. The Morgan fingerprint density at radius 1 is 0.154 bits per heavy atom. The molecule has 0 spiro atoms. The smallest absolute Gasteiger partial charge is 0.00139 e. The van der Waals surface area contributed by atoms with E-state index in [1.165, 1.54) is 98.7 Å². The maximum absolute atomic E-state index is 2.35. The Labute approximate surface area is 303 Å². The summed E-state index contributed by atoms with van der Waals surface area (Å²) in [5.41, 5.74) is 12.5. The summed E-state index contributed by atoms with van der Waals surface area (Å²) >= 11 is 0. The van der Waals surface area contributed by atoms with E-state index in [-0.39, 0.29) is 0 Å². The quantitative estimate of drug-likeness (QED) is 0.161. The topological polar surface area (TPSA) is 0 Å². The molecule has 0 aliphatic rings. The van der Waals surface area contributed by atoms with Crippen LogP contribution in [-0.2, 0) is 0 Å². The molecule has 0 unspecified atom stereocenters. The highest BCUT2D eigenvalue weighted by molar-refractivity contribution is 6.30. The fourth-order valence-corrected chi connectivity index (χ4v) is 8.39. The van der Waals surface area contributed by atoms with Crippen LogP contribution in [0.5, 0.6) is 0 Å². The maximum atomic E-state index is 2.35. The molecule has 10 rings (SSSR count). The van der Waals surface area contributed by atoms with Gasteiger partial charge >= 0.3 is 0 Å². The number of benzene rings is 10. The number of rotatable bonds is 5. The highest BCUT2D eigenvalue weighted by Crippen LogP contribution is 2.50. The molecule has 0 saturated heterocycles. The van der Waals surface area contributed by atoms with Gasteiger partial charge in [0.25, 0.3) is 0 Å². The van der Waals surface area contributed by atoms with E-state index in [2.05, 4.69) is 206 Å². The van der Waals surface area contributed by atoms with E-state index in [1.54, 1.807) is 0 Å². The molecule has 0 bridgehead atoms. The van der Waals surface area contributed by atoms with Gasteiger partial charge in [0.15, 0.2) is 0 Å². The predicted octanol–water partition coefficient (Wildman–Crippen LogP) is 14.6. The molecule has 52 heavy (non-hydrogen) atoms. The second-order valence-corrected chi connectivity index (χ2v) is 13.6. The Bertz CT molecular complexity index is 2620. The van der Waals surface area contributed by atoms with Crippen molar-refractivity contribution in [2.24, 2.45) is 0 Å². The number of hydrogen-bond donors (Lipinski definition) is 0. The minimum atomic E-state index is 1.22. The van der Waals surface area contributed by atoms with Gasteiger partial charge in [0, 0.05) is 0 Å². The summed E-state index contributed by atoms with van der Waals surface area (Å²) in [5, 5.41) is 10.1. The summed E-state index contributed by atoms with van der Waals surface area (Å²) in [4.78, 5) is 0. The van der Waals surface area contributed by atoms with Gasteiger partial charge in [0.05, 0.1) is 0 Å². The average Bonchev–Trinajstić information content (AvgIpc) is 3.23. The van der Waals surface area contributed by atoms with Crippen LogP contribution in [0.15, 0.2) is 206 Å². The Balaban J connectivity index is 1.30. The van der Waals surface area contributed by atoms with Crippen molar-refractivity contribution in [2.75, 3.05) is 0 Å². The minimum absolute atomic E-state index is 1.22. The van der Waals surface area contributed by atoms with Crippen LogP contribution in [0.25, 0.3) is 98.7 Å². The molecule has 0 heteroatoms. The molecule has 10 aromatic rings. The van der Waals surface area contributed by atoms with Crippen LogP contribution in [0, 0.1) is 0 Å². The van der Waals surface area contributed by atoms with Crippen molar-refractivity contribution in [2.45, 2.75) is 0 Å². The third kappa shape index (κ3) is 4.92. The third-order valence-electron chi connectivity index (χ3n) is 10.6. The van der Waals surface area contributed by atoms with Crippen molar-refractivity contribution in [3.05, 3.63) is 206 Å². The summed E-state index contributed by atoms with van der Waals surface area (Å²) in [5.74, 6) is 0. The van der Waals surface area contributed by atoms with Crippen LogP contribution in [0.4, 0.5) is 0 Å². The first-order valence-electron chi connectivity index (χ1n) is 18.0. The SMILES string of the molecule is c1ccc(-c2cccc(-c3c4ccccc4c(-c4c5ccccc5c(-c5cccc(-c6ccccc6)c5)c5ccccc45)c4ccccc34)c2)cc1. The van der Waals surface area contributed by atoms with Crippen LogP contribution >= 0.6 is 0 Å². The van der Waals surface area contributed by atoms with Gasteiger partial charge in [-0.1, -0.05) is 194 Å². The highest BCUT2D eigenvalue weighted by Gasteiger charge is 2.22. The standard InChI is InChI=1S/C52H34/c1-3-17-35(18-4-1)37-21-15-23-39(33-37)49-41-25-7-11-29-45(41)51(46-30-12-8-26-42(46)49)52-47-31-13-9-27-43(47)50(44-28-10-14-32-48(44)52)40-24-16-22-38(34-40)36-19-5-2-6-20-36/h1-34H. The Hall–Kier alpha value is -6.76. The second-order valence-electron chi connectivity index (χ2n) is 13.6. The van der Waals surface area contributed by atoms with Crippen molar-refractivity contribution in [1.82, 2.24) is 0 Å². The molecule has 0 aliphatic heterocycles. The van der Waals surface area contributed by atoms with Crippen molar-refractivity contribution >= 4 is 43.1 Å². The molecule has 0 nitrogen and oxygen atoms in total. The average molecular weight is 659 g/mol. The Morgan fingerprint density at radius 3 is 0.692 bits per heavy atom. The molecular formula is C52H34. The maximum Gasteiger partial charge on any atom is -0.00139 e. The molecule has 0 radical (unpaired) electrons. The Morgan fingerprint density at radius 2 is 0.385 bits per heavy atom. The van der Waals surface area contributed by atoms with E-state index >= 15 is 0 Å². The first-order valence-corrected chi connectivity index (χ1v) is 18.0. The molecule has 0 aliphatic carbocycles. The predicted molar refractivity (Wildman–Crippen MR) is 224 cm³/mol. The summed E-state index contributed by atoms with van der Waals surface area (Å²) in [6.45, 7) is 0. The second kappa shape index (κ2) is 12.5. The van der Waals surface area contributed by atoms with Gasteiger partial charge in [0.2, 0.25) is 0 Å². The molecule has 0 amide bonds. The van der Waals surface area contributed by atoms with Crippen LogP contribution in [-0.4, -0.2) is 0 Å². The lowest BCUT2D eigenvalue weighted by molar-refractivity contribution is 1.61. The molecule has 10 aromatic carbocycles. The Kier molecular flexibility index (Phi) is 7.25. The van der Waals surface area contributed by atoms with E-state index in [1.807, 2.05) is 0 Å². The van der Waals surface area contributed by atoms with Gasteiger partial charge in [-0.25, -0.2) is 0 Å². The van der Waals surface area contributed by atoms with Gasteiger partial charge in [-0.3, -0.25) is 0 Å². The molecule has 242 valence electrons. The lowest BCUT2D eigenvalue weighted by Crippen LogP contribution is -1.95.